The maximum absolute atomic E-state index is 12.6. The molecule has 0 radical (unpaired) electrons. The van der Waals surface area contributed by atoms with E-state index >= 15 is 0 Å². The zero-order chi connectivity index (χ0) is 24.8. The van der Waals surface area contributed by atoms with Crippen LogP contribution in [0.3, 0.4) is 0 Å². The van der Waals surface area contributed by atoms with Gasteiger partial charge in [-0.15, -0.1) is 0 Å². The Kier molecular flexibility index (Phi) is 8.62. The number of amides is 1. The van der Waals surface area contributed by atoms with Gasteiger partial charge in [-0.3, -0.25) is 4.79 Å². The molecule has 3 aromatic carbocycles. The summed E-state index contributed by atoms with van der Waals surface area (Å²) in [6.45, 7) is 7.14. The van der Waals surface area contributed by atoms with E-state index in [1.165, 1.54) is 22.9 Å². The quantitative estimate of drug-likeness (QED) is 0.211. The Balaban J connectivity index is 1.49. The molecule has 4 rings (SSSR count). The third-order valence-electron chi connectivity index (χ3n) is 5.49. The number of benzene rings is 3. The van der Waals surface area contributed by atoms with Gasteiger partial charge in [0, 0.05) is 5.69 Å². The summed E-state index contributed by atoms with van der Waals surface area (Å²) >= 11 is 3.73. The lowest BCUT2D eigenvalue weighted by Gasteiger charge is -2.15. The zero-order valence-electron chi connectivity index (χ0n) is 20.1. The first-order valence-electron chi connectivity index (χ1n) is 11.6. The van der Waals surface area contributed by atoms with Crippen LogP contribution in [0, 0.1) is 10.5 Å². The number of carbonyl (C=O) groups excluding carboxylic acids is 1. The first-order valence-corrected chi connectivity index (χ1v) is 13.6. The van der Waals surface area contributed by atoms with Gasteiger partial charge in [0.25, 0.3) is 5.91 Å². The number of hydrogen-bond donors (Lipinski definition) is 2. The fraction of sp³-hybridized carbons (Fsp3) is 0.250. The Morgan fingerprint density at radius 3 is 2.57 bits per heavy atom. The molecule has 1 saturated heterocycles. The molecule has 2 N–H and O–H groups in total. The first kappa shape index (κ1) is 25.4. The predicted octanol–water partition coefficient (Wildman–Crippen LogP) is 6.74. The number of anilines is 1. The summed E-state index contributed by atoms with van der Waals surface area (Å²) < 4.78 is 13.0. The minimum absolute atomic E-state index is 0.0922. The molecule has 7 heteroatoms. The van der Waals surface area contributed by atoms with Crippen LogP contribution in [-0.4, -0.2) is 18.0 Å². The molecule has 0 aliphatic carbocycles. The van der Waals surface area contributed by atoms with Gasteiger partial charge in [-0.2, -0.15) is 0 Å². The second-order valence-electron chi connectivity index (χ2n) is 8.22. The number of aryl methyl sites for hydroxylation is 2. The van der Waals surface area contributed by atoms with E-state index in [2.05, 4.69) is 77.4 Å². The molecular formula is C28H29IN2O3S. The Labute approximate surface area is 224 Å². The summed E-state index contributed by atoms with van der Waals surface area (Å²) in [5.41, 5.74) is 5.24. The molecule has 1 fully saturated rings. The van der Waals surface area contributed by atoms with Crippen molar-refractivity contribution >= 4 is 52.0 Å². The van der Waals surface area contributed by atoms with Crippen LogP contribution in [0.25, 0.3) is 6.08 Å². The average molecular weight is 601 g/mol. The third-order valence-corrected chi connectivity index (χ3v) is 7.32. The Morgan fingerprint density at radius 1 is 1.06 bits per heavy atom. The van der Waals surface area contributed by atoms with E-state index in [1.54, 1.807) is 0 Å². The van der Waals surface area contributed by atoms with E-state index in [0.29, 0.717) is 23.9 Å². The van der Waals surface area contributed by atoms with Crippen molar-refractivity contribution in [2.24, 2.45) is 0 Å². The lowest BCUT2D eigenvalue weighted by molar-refractivity contribution is -0.116. The van der Waals surface area contributed by atoms with Crippen molar-refractivity contribution in [3.63, 3.8) is 0 Å². The van der Waals surface area contributed by atoms with Crippen molar-refractivity contribution in [2.75, 3.05) is 11.9 Å². The van der Waals surface area contributed by atoms with E-state index in [4.69, 9.17) is 9.47 Å². The van der Waals surface area contributed by atoms with Gasteiger partial charge in [0.15, 0.2) is 17.0 Å². The van der Waals surface area contributed by atoms with Crippen LogP contribution in [-0.2, 0) is 17.8 Å². The van der Waals surface area contributed by atoms with Gasteiger partial charge < -0.3 is 20.1 Å². The summed E-state index contributed by atoms with van der Waals surface area (Å²) in [5.74, 6) is 1.30. The van der Waals surface area contributed by atoms with Crippen LogP contribution < -0.4 is 20.1 Å². The molecule has 5 nitrogen and oxygen atoms in total. The van der Waals surface area contributed by atoms with Crippen LogP contribution in [0.5, 0.6) is 11.5 Å². The largest absolute Gasteiger partial charge is 0.490 e. The fourth-order valence-electron chi connectivity index (χ4n) is 3.74. The summed E-state index contributed by atoms with van der Waals surface area (Å²) in [6, 6.07) is 20.5. The number of carbonyl (C=O) groups is 1. The molecule has 1 amide bonds. The summed E-state index contributed by atoms with van der Waals surface area (Å²) in [5, 5.41) is 6.37. The molecule has 0 spiro atoms. The molecule has 35 heavy (non-hydrogen) atoms. The highest BCUT2D eigenvalue weighted by Crippen LogP contribution is 2.37. The molecular weight excluding hydrogens is 571 g/mol. The van der Waals surface area contributed by atoms with Gasteiger partial charge in [-0.25, -0.2) is 0 Å². The van der Waals surface area contributed by atoms with Crippen molar-refractivity contribution < 1.29 is 14.3 Å². The van der Waals surface area contributed by atoms with Crippen LogP contribution in [0.1, 0.15) is 36.1 Å². The SMILES string of the molecule is CCOc1cc(/C=C2\S[C@@H](Nc3ccc(CC)cc3)NC2=O)cc(I)c1OCc1cccc(C)c1. The van der Waals surface area contributed by atoms with Gasteiger partial charge in [0.1, 0.15) is 6.61 Å². The van der Waals surface area contributed by atoms with Crippen LogP contribution in [0.4, 0.5) is 5.69 Å². The lowest BCUT2D eigenvalue weighted by Crippen LogP contribution is -2.30. The number of halogens is 1. The highest BCUT2D eigenvalue weighted by atomic mass is 127. The number of thioether (sulfide) groups is 1. The second-order valence-corrected chi connectivity index (χ2v) is 10.5. The highest BCUT2D eigenvalue weighted by Gasteiger charge is 2.27. The molecule has 182 valence electrons. The molecule has 0 saturated carbocycles. The van der Waals surface area contributed by atoms with Gasteiger partial charge in [-0.1, -0.05) is 60.6 Å². The predicted molar refractivity (Wildman–Crippen MR) is 153 cm³/mol. The van der Waals surface area contributed by atoms with Gasteiger partial charge in [0.2, 0.25) is 0 Å². The van der Waals surface area contributed by atoms with Crippen LogP contribution >= 0.6 is 34.4 Å². The molecule has 1 aliphatic rings. The van der Waals surface area contributed by atoms with Crippen LogP contribution in [0.15, 0.2) is 65.6 Å². The standard InChI is InChI=1S/C28H29IN2O3S/c1-4-19-9-11-22(12-10-19)30-28-31-27(32)25(35-28)16-21-14-23(29)26(24(15-21)33-5-2)34-17-20-8-6-7-18(3)13-20/h6-16,28,30H,4-5,17H2,1-3H3,(H,31,32)/b25-16-/t28-/m0/s1. The topological polar surface area (TPSA) is 59.6 Å². The average Bonchev–Trinajstić information content (AvgIpc) is 3.17. The maximum atomic E-state index is 12.6. The van der Waals surface area contributed by atoms with Gasteiger partial charge in [0.05, 0.1) is 15.1 Å². The number of nitrogens with one attached hydrogen (secondary N) is 2. The Hall–Kier alpha value is -2.65. The molecule has 3 aromatic rings. The van der Waals surface area contributed by atoms with Crippen molar-refractivity contribution in [3.8, 4) is 11.5 Å². The fourth-order valence-corrected chi connectivity index (χ4v) is 5.50. The van der Waals surface area contributed by atoms with Gasteiger partial charge >= 0.3 is 0 Å². The zero-order valence-corrected chi connectivity index (χ0v) is 23.0. The van der Waals surface area contributed by atoms with Crippen LogP contribution in [0.2, 0.25) is 0 Å². The Bertz CT molecular complexity index is 1230. The van der Waals surface area contributed by atoms with Crippen molar-refractivity contribution in [1.82, 2.24) is 5.32 Å². The van der Waals surface area contributed by atoms with E-state index in [9.17, 15) is 4.79 Å². The van der Waals surface area contributed by atoms with E-state index in [-0.39, 0.29) is 11.4 Å². The lowest BCUT2D eigenvalue weighted by atomic mass is 10.1. The number of hydrogen-bond acceptors (Lipinski definition) is 5. The first-order chi connectivity index (χ1) is 16.9. The minimum Gasteiger partial charge on any atom is -0.490 e. The normalized spacial score (nSPS) is 16.3. The highest BCUT2D eigenvalue weighted by molar-refractivity contribution is 14.1. The molecule has 1 heterocycles. The monoisotopic (exact) mass is 600 g/mol. The molecule has 0 bridgehead atoms. The van der Waals surface area contributed by atoms with Gasteiger partial charge in [-0.05, 0) is 89.9 Å². The second kappa shape index (κ2) is 11.9. The number of ether oxygens (including phenoxy) is 2. The third kappa shape index (κ3) is 6.73. The van der Waals surface area contributed by atoms with E-state index < -0.39 is 0 Å². The van der Waals surface area contributed by atoms with E-state index in [1.807, 2.05) is 43.3 Å². The number of rotatable bonds is 9. The molecule has 0 unspecified atom stereocenters. The van der Waals surface area contributed by atoms with Crippen molar-refractivity contribution in [1.29, 1.82) is 0 Å². The molecule has 0 aromatic heterocycles. The van der Waals surface area contributed by atoms with Crippen molar-refractivity contribution in [3.05, 3.63) is 91.4 Å². The summed E-state index contributed by atoms with van der Waals surface area (Å²) in [7, 11) is 0. The summed E-state index contributed by atoms with van der Waals surface area (Å²) in [6.07, 6.45) is 2.90. The molecule has 1 atom stereocenters. The molecule has 1 aliphatic heterocycles. The minimum atomic E-state index is -0.219. The summed E-state index contributed by atoms with van der Waals surface area (Å²) in [4.78, 5) is 13.3. The smallest absolute Gasteiger partial charge is 0.260 e. The van der Waals surface area contributed by atoms with Crippen molar-refractivity contribution in [2.45, 2.75) is 39.3 Å². The Morgan fingerprint density at radius 2 is 1.86 bits per heavy atom. The van der Waals surface area contributed by atoms with E-state index in [0.717, 1.165) is 32.6 Å². The maximum Gasteiger partial charge on any atom is 0.260 e.